The molecule has 1 heterocycles. The first-order chi connectivity index (χ1) is 11.7. The van der Waals surface area contributed by atoms with Crippen LogP contribution in [0.4, 0.5) is 5.69 Å². The zero-order valence-electron chi connectivity index (χ0n) is 14.4. The van der Waals surface area contributed by atoms with Crippen LogP contribution in [0.3, 0.4) is 0 Å². The molecule has 0 bridgehead atoms. The Hall–Kier alpha value is -1.43. The fourth-order valence-corrected chi connectivity index (χ4v) is 3.75. The van der Waals surface area contributed by atoms with E-state index >= 15 is 0 Å². The smallest absolute Gasteiger partial charge is 0.238 e. The number of piperazine rings is 1. The van der Waals surface area contributed by atoms with E-state index in [1.807, 2.05) is 30.3 Å². The van der Waals surface area contributed by atoms with Crippen molar-refractivity contribution in [2.75, 3.05) is 44.6 Å². The highest BCUT2D eigenvalue weighted by Gasteiger charge is 2.24. The SMILES string of the molecule is O=C(CN1CCN(CC2CCC(O)CC2)CC1)Nc1ccccc1. The molecular formula is C19H29N3O2. The lowest BCUT2D eigenvalue weighted by molar-refractivity contribution is -0.117. The average molecular weight is 331 g/mol. The molecule has 132 valence electrons. The van der Waals surface area contributed by atoms with Crippen molar-refractivity contribution in [1.29, 1.82) is 0 Å². The molecule has 2 aliphatic rings. The number of aliphatic hydroxyl groups is 1. The Morgan fingerprint density at radius 3 is 2.29 bits per heavy atom. The van der Waals surface area contributed by atoms with Crippen molar-refractivity contribution in [1.82, 2.24) is 9.80 Å². The van der Waals surface area contributed by atoms with E-state index in [1.165, 1.54) is 0 Å². The molecule has 2 N–H and O–H groups in total. The van der Waals surface area contributed by atoms with Crippen LogP contribution in [0.5, 0.6) is 0 Å². The first kappa shape index (κ1) is 17.4. The molecule has 0 radical (unpaired) electrons. The topological polar surface area (TPSA) is 55.8 Å². The van der Waals surface area contributed by atoms with E-state index in [2.05, 4.69) is 15.1 Å². The third kappa shape index (κ3) is 5.30. The number of nitrogens with zero attached hydrogens (tertiary/aromatic N) is 2. The molecular weight excluding hydrogens is 302 g/mol. The average Bonchev–Trinajstić information content (AvgIpc) is 2.59. The van der Waals surface area contributed by atoms with Gasteiger partial charge in [0.25, 0.3) is 0 Å². The molecule has 1 aromatic rings. The number of aliphatic hydroxyl groups excluding tert-OH is 1. The van der Waals surface area contributed by atoms with Gasteiger partial charge in [0.05, 0.1) is 12.6 Å². The summed E-state index contributed by atoms with van der Waals surface area (Å²) in [6.45, 7) is 5.61. The van der Waals surface area contributed by atoms with Gasteiger partial charge in [-0.05, 0) is 43.7 Å². The van der Waals surface area contributed by atoms with E-state index < -0.39 is 0 Å². The van der Waals surface area contributed by atoms with Crippen molar-refractivity contribution in [2.24, 2.45) is 5.92 Å². The summed E-state index contributed by atoms with van der Waals surface area (Å²) in [5.41, 5.74) is 0.862. The van der Waals surface area contributed by atoms with Gasteiger partial charge in [0, 0.05) is 38.4 Å². The van der Waals surface area contributed by atoms with E-state index in [-0.39, 0.29) is 12.0 Å². The number of nitrogens with one attached hydrogen (secondary N) is 1. The van der Waals surface area contributed by atoms with Crippen LogP contribution in [0, 0.1) is 5.92 Å². The van der Waals surface area contributed by atoms with Crippen molar-refractivity contribution in [3.8, 4) is 0 Å². The Bertz CT molecular complexity index is 507. The van der Waals surface area contributed by atoms with Crippen molar-refractivity contribution < 1.29 is 9.90 Å². The van der Waals surface area contributed by atoms with Crippen LogP contribution in [-0.2, 0) is 4.79 Å². The van der Waals surface area contributed by atoms with Gasteiger partial charge in [-0.25, -0.2) is 0 Å². The number of anilines is 1. The highest BCUT2D eigenvalue weighted by Crippen LogP contribution is 2.25. The Morgan fingerprint density at radius 2 is 1.62 bits per heavy atom. The minimum Gasteiger partial charge on any atom is -0.393 e. The summed E-state index contributed by atoms with van der Waals surface area (Å²) in [5.74, 6) is 0.803. The van der Waals surface area contributed by atoms with Crippen molar-refractivity contribution in [3.63, 3.8) is 0 Å². The molecule has 1 saturated carbocycles. The van der Waals surface area contributed by atoms with Crippen LogP contribution >= 0.6 is 0 Å². The van der Waals surface area contributed by atoms with Crippen LogP contribution in [0.25, 0.3) is 0 Å². The van der Waals surface area contributed by atoms with Crippen LogP contribution < -0.4 is 5.32 Å². The highest BCUT2D eigenvalue weighted by molar-refractivity contribution is 5.92. The molecule has 1 aliphatic carbocycles. The molecule has 0 spiro atoms. The number of carbonyl (C=O) groups is 1. The van der Waals surface area contributed by atoms with E-state index in [0.29, 0.717) is 6.54 Å². The molecule has 0 atom stereocenters. The third-order valence-electron chi connectivity index (χ3n) is 5.22. The Kier molecular flexibility index (Phi) is 6.24. The van der Waals surface area contributed by atoms with Crippen molar-refractivity contribution >= 4 is 11.6 Å². The molecule has 3 rings (SSSR count). The summed E-state index contributed by atoms with van der Waals surface area (Å²) in [6.07, 6.45) is 4.16. The number of hydrogen-bond donors (Lipinski definition) is 2. The predicted molar refractivity (Wildman–Crippen MR) is 95.9 cm³/mol. The Morgan fingerprint density at radius 1 is 1.00 bits per heavy atom. The van der Waals surface area contributed by atoms with Crippen LogP contribution in [-0.4, -0.2) is 66.2 Å². The number of rotatable bonds is 5. The molecule has 1 aliphatic heterocycles. The van der Waals surface area contributed by atoms with Gasteiger partial charge in [0.2, 0.25) is 5.91 Å². The van der Waals surface area contributed by atoms with Gasteiger partial charge in [0.15, 0.2) is 0 Å². The lowest BCUT2D eigenvalue weighted by atomic mass is 9.87. The van der Waals surface area contributed by atoms with E-state index in [1.54, 1.807) is 0 Å². The molecule has 1 amide bonds. The summed E-state index contributed by atoms with van der Waals surface area (Å²) in [6, 6.07) is 9.63. The molecule has 5 heteroatoms. The van der Waals surface area contributed by atoms with Crippen LogP contribution in [0.15, 0.2) is 30.3 Å². The van der Waals surface area contributed by atoms with Crippen molar-refractivity contribution in [3.05, 3.63) is 30.3 Å². The summed E-state index contributed by atoms with van der Waals surface area (Å²) in [7, 11) is 0. The number of carbonyl (C=O) groups excluding carboxylic acids is 1. The molecule has 1 aromatic carbocycles. The van der Waals surface area contributed by atoms with Gasteiger partial charge in [-0.1, -0.05) is 18.2 Å². The maximum atomic E-state index is 12.1. The van der Waals surface area contributed by atoms with E-state index in [9.17, 15) is 9.90 Å². The summed E-state index contributed by atoms with van der Waals surface area (Å²) in [5, 5.41) is 12.6. The quantitative estimate of drug-likeness (QED) is 0.864. The largest absolute Gasteiger partial charge is 0.393 e. The predicted octanol–water partition coefficient (Wildman–Crippen LogP) is 1.79. The Labute approximate surface area is 144 Å². The molecule has 5 nitrogen and oxygen atoms in total. The van der Waals surface area contributed by atoms with Gasteiger partial charge >= 0.3 is 0 Å². The molecule has 24 heavy (non-hydrogen) atoms. The van der Waals surface area contributed by atoms with E-state index in [4.69, 9.17) is 0 Å². The van der Waals surface area contributed by atoms with Crippen molar-refractivity contribution in [2.45, 2.75) is 31.8 Å². The zero-order chi connectivity index (χ0) is 16.8. The molecule has 2 fully saturated rings. The fourth-order valence-electron chi connectivity index (χ4n) is 3.75. The number of benzene rings is 1. The maximum Gasteiger partial charge on any atom is 0.238 e. The second-order valence-corrected chi connectivity index (χ2v) is 7.17. The maximum absolute atomic E-state index is 12.1. The zero-order valence-corrected chi connectivity index (χ0v) is 14.4. The monoisotopic (exact) mass is 331 g/mol. The first-order valence-corrected chi connectivity index (χ1v) is 9.17. The summed E-state index contributed by atoms with van der Waals surface area (Å²) >= 11 is 0. The lowest BCUT2D eigenvalue weighted by Gasteiger charge is -2.37. The second kappa shape index (κ2) is 8.60. The van der Waals surface area contributed by atoms with Gasteiger partial charge in [-0.3, -0.25) is 9.69 Å². The summed E-state index contributed by atoms with van der Waals surface area (Å²) in [4.78, 5) is 16.9. The summed E-state index contributed by atoms with van der Waals surface area (Å²) < 4.78 is 0. The second-order valence-electron chi connectivity index (χ2n) is 7.17. The van der Waals surface area contributed by atoms with Crippen LogP contribution in [0.1, 0.15) is 25.7 Å². The first-order valence-electron chi connectivity index (χ1n) is 9.17. The Balaban J connectivity index is 1.35. The molecule has 1 saturated heterocycles. The number of amides is 1. The van der Waals surface area contributed by atoms with Gasteiger partial charge in [-0.15, -0.1) is 0 Å². The standard InChI is InChI=1S/C19H29N3O2/c23-18-8-6-16(7-9-18)14-21-10-12-22(13-11-21)15-19(24)20-17-4-2-1-3-5-17/h1-5,16,18,23H,6-15H2,(H,20,24). The van der Waals surface area contributed by atoms with E-state index in [0.717, 1.165) is 70.0 Å². The third-order valence-corrected chi connectivity index (χ3v) is 5.22. The van der Waals surface area contributed by atoms with Gasteiger partial charge in [-0.2, -0.15) is 0 Å². The molecule has 0 aromatic heterocycles. The minimum atomic E-state index is -0.0683. The normalized spacial score (nSPS) is 26.2. The number of hydrogen-bond acceptors (Lipinski definition) is 4. The molecule has 0 unspecified atom stereocenters. The van der Waals surface area contributed by atoms with Gasteiger partial charge < -0.3 is 15.3 Å². The highest BCUT2D eigenvalue weighted by atomic mass is 16.3. The minimum absolute atomic E-state index is 0.0657. The number of para-hydroxylation sites is 1. The van der Waals surface area contributed by atoms with Crippen LogP contribution in [0.2, 0.25) is 0 Å². The van der Waals surface area contributed by atoms with Gasteiger partial charge in [0.1, 0.15) is 0 Å². The lowest BCUT2D eigenvalue weighted by Crippen LogP contribution is -2.49. The fraction of sp³-hybridized carbons (Fsp3) is 0.632.